The van der Waals surface area contributed by atoms with Gasteiger partial charge in [-0.2, -0.15) is 0 Å². The molecule has 0 spiro atoms. The van der Waals surface area contributed by atoms with Crippen molar-refractivity contribution in [3.63, 3.8) is 0 Å². The third-order valence-electron chi connectivity index (χ3n) is 3.20. The predicted octanol–water partition coefficient (Wildman–Crippen LogP) is 4.15. The first-order valence-electron chi connectivity index (χ1n) is 6.76. The lowest BCUT2D eigenvalue weighted by atomic mass is 10.00. The fourth-order valence-electron chi connectivity index (χ4n) is 2.28. The SMILES string of the molecule is CCNC(Cc1cccnc1)Cc1cccc(Cl)c1Cl. The number of aromatic nitrogens is 1. The molecule has 1 N–H and O–H groups in total. The Hall–Kier alpha value is -1.09. The molecule has 2 nitrogen and oxygen atoms in total. The monoisotopic (exact) mass is 308 g/mol. The van der Waals surface area contributed by atoms with Crippen molar-refractivity contribution < 1.29 is 0 Å². The molecule has 0 bridgehead atoms. The lowest BCUT2D eigenvalue weighted by molar-refractivity contribution is 0.521. The molecule has 0 amide bonds. The molecule has 2 rings (SSSR count). The van der Waals surface area contributed by atoms with Gasteiger partial charge in [-0.3, -0.25) is 4.98 Å². The van der Waals surface area contributed by atoms with Crippen molar-refractivity contribution in [3.8, 4) is 0 Å². The third-order valence-corrected chi connectivity index (χ3v) is 4.05. The molecule has 2 aromatic rings. The van der Waals surface area contributed by atoms with E-state index in [-0.39, 0.29) is 0 Å². The van der Waals surface area contributed by atoms with E-state index in [1.807, 2.05) is 30.5 Å². The van der Waals surface area contributed by atoms with Crippen LogP contribution in [0.15, 0.2) is 42.7 Å². The predicted molar refractivity (Wildman–Crippen MR) is 85.6 cm³/mol. The first-order chi connectivity index (χ1) is 9.70. The molecule has 106 valence electrons. The Kier molecular flexibility index (Phi) is 5.84. The number of rotatable bonds is 6. The number of hydrogen-bond donors (Lipinski definition) is 1. The summed E-state index contributed by atoms with van der Waals surface area (Å²) in [7, 11) is 0. The van der Waals surface area contributed by atoms with E-state index in [1.165, 1.54) is 5.56 Å². The highest BCUT2D eigenvalue weighted by Gasteiger charge is 2.13. The minimum Gasteiger partial charge on any atom is -0.314 e. The molecular weight excluding hydrogens is 291 g/mol. The van der Waals surface area contributed by atoms with Gasteiger partial charge in [-0.05, 0) is 42.6 Å². The Morgan fingerprint density at radius 3 is 2.70 bits per heavy atom. The molecular formula is C16H18Cl2N2. The second-order valence-electron chi connectivity index (χ2n) is 4.74. The summed E-state index contributed by atoms with van der Waals surface area (Å²) in [4.78, 5) is 4.16. The molecule has 1 heterocycles. The largest absolute Gasteiger partial charge is 0.314 e. The van der Waals surface area contributed by atoms with Crippen molar-refractivity contribution in [1.82, 2.24) is 10.3 Å². The number of nitrogens with one attached hydrogen (secondary N) is 1. The molecule has 0 saturated carbocycles. The smallest absolute Gasteiger partial charge is 0.0624 e. The number of halogens is 2. The molecule has 4 heteroatoms. The number of likely N-dealkylation sites (N-methyl/N-ethyl adjacent to an activating group) is 1. The zero-order valence-corrected chi connectivity index (χ0v) is 13.0. The van der Waals surface area contributed by atoms with E-state index in [2.05, 4.69) is 23.3 Å². The zero-order valence-electron chi connectivity index (χ0n) is 11.4. The highest BCUT2D eigenvalue weighted by molar-refractivity contribution is 6.42. The Morgan fingerprint density at radius 2 is 2.00 bits per heavy atom. The highest BCUT2D eigenvalue weighted by Crippen LogP contribution is 2.26. The van der Waals surface area contributed by atoms with Crippen LogP contribution in [0.3, 0.4) is 0 Å². The van der Waals surface area contributed by atoms with Crippen LogP contribution in [0.5, 0.6) is 0 Å². The number of benzene rings is 1. The van der Waals surface area contributed by atoms with Crippen LogP contribution in [0.25, 0.3) is 0 Å². The quantitative estimate of drug-likeness (QED) is 0.867. The van der Waals surface area contributed by atoms with Crippen molar-refractivity contribution in [2.24, 2.45) is 0 Å². The van der Waals surface area contributed by atoms with Gasteiger partial charge in [-0.15, -0.1) is 0 Å². The first kappa shape index (κ1) is 15.3. The van der Waals surface area contributed by atoms with Crippen LogP contribution in [0.1, 0.15) is 18.1 Å². The van der Waals surface area contributed by atoms with Gasteiger partial charge in [-0.1, -0.05) is 48.3 Å². The number of nitrogens with zero attached hydrogens (tertiary/aromatic N) is 1. The Morgan fingerprint density at radius 1 is 1.15 bits per heavy atom. The van der Waals surface area contributed by atoms with E-state index in [0.717, 1.165) is 24.9 Å². The molecule has 20 heavy (non-hydrogen) atoms. The minimum absolute atomic E-state index is 0.320. The van der Waals surface area contributed by atoms with Crippen molar-refractivity contribution in [2.75, 3.05) is 6.54 Å². The molecule has 1 atom stereocenters. The van der Waals surface area contributed by atoms with Crippen LogP contribution in [-0.4, -0.2) is 17.6 Å². The molecule has 0 fully saturated rings. The Bertz CT molecular complexity index is 543. The maximum absolute atomic E-state index is 6.27. The molecule has 0 aliphatic heterocycles. The number of pyridine rings is 1. The van der Waals surface area contributed by atoms with Crippen molar-refractivity contribution in [1.29, 1.82) is 0 Å². The highest BCUT2D eigenvalue weighted by atomic mass is 35.5. The second kappa shape index (κ2) is 7.63. The number of hydrogen-bond acceptors (Lipinski definition) is 2. The van der Waals surface area contributed by atoms with Gasteiger partial charge in [0, 0.05) is 18.4 Å². The average Bonchev–Trinajstić information content (AvgIpc) is 2.45. The average molecular weight is 309 g/mol. The molecule has 1 aromatic heterocycles. The summed E-state index contributed by atoms with van der Waals surface area (Å²) < 4.78 is 0. The van der Waals surface area contributed by atoms with Gasteiger partial charge in [0.1, 0.15) is 0 Å². The molecule has 0 aliphatic carbocycles. The van der Waals surface area contributed by atoms with E-state index in [0.29, 0.717) is 16.1 Å². The van der Waals surface area contributed by atoms with Gasteiger partial charge < -0.3 is 5.32 Å². The summed E-state index contributed by atoms with van der Waals surface area (Å²) in [6.45, 7) is 3.03. The summed E-state index contributed by atoms with van der Waals surface area (Å²) in [6.07, 6.45) is 5.47. The lowest BCUT2D eigenvalue weighted by Crippen LogP contribution is -2.33. The molecule has 0 aliphatic rings. The van der Waals surface area contributed by atoms with E-state index in [1.54, 1.807) is 6.20 Å². The van der Waals surface area contributed by atoms with Gasteiger partial charge in [0.2, 0.25) is 0 Å². The molecule has 1 aromatic carbocycles. The van der Waals surface area contributed by atoms with Crippen LogP contribution >= 0.6 is 23.2 Å². The van der Waals surface area contributed by atoms with E-state index in [9.17, 15) is 0 Å². The fraction of sp³-hybridized carbons (Fsp3) is 0.312. The van der Waals surface area contributed by atoms with Gasteiger partial charge >= 0.3 is 0 Å². The normalized spacial score (nSPS) is 12.3. The molecule has 0 saturated heterocycles. The topological polar surface area (TPSA) is 24.9 Å². The van der Waals surface area contributed by atoms with Gasteiger partial charge in [0.05, 0.1) is 10.0 Å². The first-order valence-corrected chi connectivity index (χ1v) is 7.51. The van der Waals surface area contributed by atoms with Gasteiger partial charge in [-0.25, -0.2) is 0 Å². The molecule has 1 unspecified atom stereocenters. The van der Waals surface area contributed by atoms with Crippen LogP contribution in [-0.2, 0) is 12.8 Å². The van der Waals surface area contributed by atoms with E-state index < -0.39 is 0 Å². The van der Waals surface area contributed by atoms with E-state index >= 15 is 0 Å². The van der Waals surface area contributed by atoms with Gasteiger partial charge in [0.15, 0.2) is 0 Å². The van der Waals surface area contributed by atoms with Crippen LogP contribution in [0.4, 0.5) is 0 Å². The maximum atomic E-state index is 6.27. The minimum atomic E-state index is 0.320. The Labute approximate surface area is 130 Å². The summed E-state index contributed by atoms with van der Waals surface area (Å²) in [6, 6.07) is 10.2. The zero-order chi connectivity index (χ0) is 14.4. The third kappa shape index (κ3) is 4.20. The molecule has 0 radical (unpaired) electrons. The summed E-state index contributed by atoms with van der Waals surface area (Å²) >= 11 is 12.3. The standard InChI is InChI=1S/C16H18Cl2N2/c1-2-20-14(9-12-5-4-8-19-11-12)10-13-6-3-7-15(17)16(13)18/h3-8,11,14,20H,2,9-10H2,1H3. The second-order valence-corrected chi connectivity index (χ2v) is 5.52. The van der Waals surface area contributed by atoms with Crippen LogP contribution in [0.2, 0.25) is 10.0 Å². The van der Waals surface area contributed by atoms with Crippen LogP contribution < -0.4 is 5.32 Å². The summed E-state index contributed by atoms with van der Waals surface area (Å²) in [5.41, 5.74) is 2.30. The summed E-state index contributed by atoms with van der Waals surface area (Å²) in [5.74, 6) is 0. The van der Waals surface area contributed by atoms with E-state index in [4.69, 9.17) is 23.2 Å². The van der Waals surface area contributed by atoms with Crippen molar-refractivity contribution in [3.05, 3.63) is 63.9 Å². The summed E-state index contributed by atoms with van der Waals surface area (Å²) in [5, 5.41) is 4.76. The maximum Gasteiger partial charge on any atom is 0.0624 e. The lowest BCUT2D eigenvalue weighted by Gasteiger charge is -2.19. The van der Waals surface area contributed by atoms with Gasteiger partial charge in [0.25, 0.3) is 0 Å². The Balaban J connectivity index is 2.11. The van der Waals surface area contributed by atoms with Crippen molar-refractivity contribution >= 4 is 23.2 Å². The fourth-order valence-corrected chi connectivity index (χ4v) is 2.68. The van der Waals surface area contributed by atoms with Crippen LogP contribution in [0, 0.1) is 0 Å². The van der Waals surface area contributed by atoms with Crippen molar-refractivity contribution in [2.45, 2.75) is 25.8 Å².